The second-order valence-electron chi connectivity index (χ2n) is 5.14. The topological polar surface area (TPSA) is 72.2 Å². The largest absolute Gasteiger partial charge is 0.393 e. The molecule has 1 N–H and O–H groups in total. The first-order chi connectivity index (χ1) is 11.3. The molecule has 0 fully saturated rings. The van der Waals surface area contributed by atoms with Crippen molar-refractivity contribution in [3.63, 3.8) is 0 Å². The van der Waals surface area contributed by atoms with Crippen LogP contribution >= 0.6 is 0 Å². The summed E-state index contributed by atoms with van der Waals surface area (Å²) >= 11 is 0. The number of hydrogen-bond acceptors (Lipinski definition) is 4. The zero-order valence-corrected chi connectivity index (χ0v) is 12.5. The van der Waals surface area contributed by atoms with Gasteiger partial charge in [0.1, 0.15) is 0 Å². The molecule has 1 aromatic carbocycles. The van der Waals surface area contributed by atoms with Gasteiger partial charge in [-0.2, -0.15) is 18.2 Å². The molecule has 0 aliphatic heterocycles. The average molecular weight is 335 g/mol. The van der Waals surface area contributed by atoms with Crippen molar-refractivity contribution in [2.75, 3.05) is 5.32 Å². The van der Waals surface area contributed by atoms with E-state index < -0.39 is 18.5 Å². The maximum atomic E-state index is 12.6. The van der Waals surface area contributed by atoms with E-state index in [0.29, 0.717) is 0 Å². The maximum Gasteiger partial charge on any atom is 0.393 e. The first kappa shape index (κ1) is 15.9. The van der Waals surface area contributed by atoms with E-state index in [0.717, 1.165) is 5.69 Å². The van der Waals surface area contributed by atoms with Gasteiger partial charge in [-0.3, -0.25) is 4.79 Å². The summed E-state index contributed by atoms with van der Waals surface area (Å²) in [4.78, 5) is 20.2. The predicted octanol–water partition coefficient (Wildman–Crippen LogP) is 2.79. The van der Waals surface area contributed by atoms with Gasteiger partial charge in [-0.15, -0.1) is 5.10 Å². The molecule has 124 valence electrons. The normalized spacial score (nSPS) is 11.7. The molecule has 0 bridgehead atoms. The van der Waals surface area contributed by atoms with Crippen molar-refractivity contribution in [1.29, 1.82) is 0 Å². The van der Waals surface area contributed by atoms with E-state index in [4.69, 9.17) is 0 Å². The van der Waals surface area contributed by atoms with Crippen LogP contribution in [0.25, 0.3) is 5.78 Å². The van der Waals surface area contributed by atoms with Gasteiger partial charge in [0.15, 0.2) is 0 Å². The fourth-order valence-corrected chi connectivity index (χ4v) is 2.19. The molecule has 6 nitrogen and oxygen atoms in total. The van der Waals surface area contributed by atoms with Crippen molar-refractivity contribution in [3.8, 4) is 0 Å². The number of hydrogen-bond donors (Lipinski definition) is 1. The average Bonchev–Trinajstić information content (AvgIpc) is 2.93. The Balaban J connectivity index is 1.88. The van der Waals surface area contributed by atoms with Crippen molar-refractivity contribution in [2.24, 2.45) is 0 Å². The molecule has 0 spiro atoms. The molecule has 9 heteroatoms. The Labute approximate surface area is 134 Å². The van der Waals surface area contributed by atoms with Crippen LogP contribution in [-0.4, -0.2) is 31.7 Å². The minimum atomic E-state index is -4.37. The lowest BCUT2D eigenvalue weighted by Crippen LogP contribution is -2.18. The Morgan fingerprint density at radius 3 is 2.71 bits per heavy atom. The molecule has 2 heterocycles. The highest BCUT2D eigenvalue weighted by atomic mass is 19.4. The van der Waals surface area contributed by atoms with Gasteiger partial charge in [-0.25, -0.2) is 9.50 Å². The van der Waals surface area contributed by atoms with E-state index in [2.05, 4.69) is 20.4 Å². The third kappa shape index (κ3) is 3.34. The highest BCUT2D eigenvalue weighted by Crippen LogP contribution is 2.26. The molecule has 1 amide bonds. The maximum absolute atomic E-state index is 12.6. The quantitative estimate of drug-likeness (QED) is 0.799. The van der Waals surface area contributed by atoms with Crippen LogP contribution in [-0.2, 0) is 6.42 Å². The molecule has 0 aliphatic rings. The van der Waals surface area contributed by atoms with Gasteiger partial charge in [0.05, 0.1) is 6.42 Å². The number of nitrogens with zero attached hydrogens (tertiary/aromatic N) is 4. The molecule has 0 radical (unpaired) electrons. The third-order valence-electron chi connectivity index (χ3n) is 3.29. The minimum absolute atomic E-state index is 0.0311. The molecule has 0 atom stereocenters. The van der Waals surface area contributed by atoms with Crippen molar-refractivity contribution in [2.45, 2.75) is 19.5 Å². The molecule has 0 saturated carbocycles. The van der Waals surface area contributed by atoms with Gasteiger partial charge >= 0.3 is 6.18 Å². The Kier molecular flexibility index (Phi) is 3.92. The predicted molar refractivity (Wildman–Crippen MR) is 79.7 cm³/mol. The molecule has 0 unspecified atom stereocenters. The summed E-state index contributed by atoms with van der Waals surface area (Å²) in [6.07, 6.45) is -3.98. The van der Waals surface area contributed by atoms with Gasteiger partial charge in [-0.05, 0) is 24.6 Å². The molecular weight excluding hydrogens is 323 g/mol. The molecule has 2 aromatic heterocycles. The summed E-state index contributed by atoms with van der Waals surface area (Å²) in [6, 6.07) is 7.43. The smallest absolute Gasteiger partial charge is 0.319 e. The van der Waals surface area contributed by atoms with Crippen molar-refractivity contribution in [1.82, 2.24) is 19.6 Å². The number of rotatable bonds is 3. The number of carbonyl (C=O) groups excluding carboxylic acids is 1. The van der Waals surface area contributed by atoms with Crippen LogP contribution in [0.1, 0.15) is 21.9 Å². The SMILES string of the molecule is Cc1ccnc2nc(C(=O)Nc3ccccc3CC(F)(F)F)nn12. The number of anilines is 1. The lowest BCUT2D eigenvalue weighted by Gasteiger charge is -2.11. The number of aryl methyl sites for hydroxylation is 1. The van der Waals surface area contributed by atoms with Gasteiger partial charge in [0.2, 0.25) is 5.82 Å². The van der Waals surface area contributed by atoms with Crippen LogP contribution in [0.15, 0.2) is 36.5 Å². The number of alkyl halides is 3. The van der Waals surface area contributed by atoms with Crippen LogP contribution < -0.4 is 5.32 Å². The monoisotopic (exact) mass is 335 g/mol. The lowest BCUT2D eigenvalue weighted by atomic mass is 10.1. The van der Waals surface area contributed by atoms with Crippen molar-refractivity contribution in [3.05, 3.63) is 53.6 Å². The summed E-state index contributed by atoms with van der Waals surface area (Å²) in [7, 11) is 0. The van der Waals surface area contributed by atoms with Crippen LogP contribution in [0, 0.1) is 6.92 Å². The number of para-hydroxylation sites is 1. The second kappa shape index (κ2) is 5.91. The summed E-state index contributed by atoms with van der Waals surface area (Å²) in [6.45, 7) is 1.77. The first-order valence-electron chi connectivity index (χ1n) is 6.98. The van der Waals surface area contributed by atoms with E-state index in [1.54, 1.807) is 13.0 Å². The van der Waals surface area contributed by atoms with Crippen LogP contribution in [0.4, 0.5) is 18.9 Å². The Hall–Kier alpha value is -2.97. The molecular formula is C15H12F3N5O. The number of carbonyl (C=O) groups is 1. The van der Waals surface area contributed by atoms with Crippen LogP contribution in [0.3, 0.4) is 0 Å². The highest BCUT2D eigenvalue weighted by molar-refractivity contribution is 6.02. The molecule has 24 heavy (non-hydrogen) atoms. The molecule has 3 aromatic rings. The fourth-order valence-electron chi connectivity index (χ4n) is 2.19. The summed E-state index contributed by atoms with van der Waals surface area (Å²) in [5.74, 6) is -0.628. The standard InChI is InChI=1S/C15H12F3N5O/c1-9-6-7-19-14-21-12(22-23(9)14)13(24)20-11-5-3-2-4-10(11)8-15(16,17)18/h2-7H,8H2,1H3,(H,20,24). The van der Waals surface area contributed by atoms with E-state index in [1.807, 2.05) is 0 Å². The number of nitrogens with one attached hydrogen (secondary N) is 1. The van der Waals surface area contributed by atoms with Crippen LogP contribution in [0.5, 0.6) is 0 Å². The number of benzene rings is 1. The van der Waals surface area contributed by atoms with E-state index >= 15 is 0 Å². The lowest BCUT2D eigenvalue weighted by molar-refractivity contribution is -0.127. The molecule has 0 saturated heterocycles. The number of amides is 1. The zero-order chi connectivity index (χ0) is 17.3. The van der Waals surface area contributed by atoms with E-state index in [9.17, 15) is 18.0 Å². The molecule has 0 aliphatic carbocycles. The van der Waals surface area contributed by atoms with Crippen molar-refractivity contribution >= 4 is 17.4 Å². The number of fused-ring (bicyclic) bond motifs is 1. The Bertz CT molecular complexity index is 904. The summed E-state index contributed by atoms with van der Waals surface area (Å²) in [5, 5.41) is 6.45. The minimum Gasteiger partial charge on any atom is -0.319 e. The Morgan fingerprint density at radius 2 is 2.00 bits per heavy atom. The number of aromatic nitrogens is 4. The molecule has 3 rings (SSSR count). The van der Waals surface area contributed by atoms with Gasteiger partial charge in [0.25, 0.3) is 11.7 Å². The van der Waals surface area contributed by atoms with Crippen molar-refractivity contribution < 1.29 is 18.0 Å². The Morgan fingerprint density at radius 1 is 1.25 bits per heavy atom. The zero-order valence-electron chi connectivity index (χ0n) is 12.5. The van der Waals surface area contributed by atoms with Crippen LogP contribution in [0.2, 0.25) is 0 Å². The summed E-state index contributed by atoms with van der Waals surface area (Å²) < 4.78 is 39.2. The highest BCUT2D eigenvalue weighted by Gasteiger charge is 2.29. The second-order valence-corrected chi connectivity index (χ2v) is 5.14. The number of halogens is 3. The van der Waals surface area contributed by atoms with Gasteiger partial charge in [-0.1, -0.05) is 18.2 Å². The van der Waals surface area contributed by atoms with Gasteiger partial charge in [0, 0.05) is 17.6 Å². The van der Waals surface area contributed by atoms with E-state index in [-0.39, 0.29) is 22.9 Å². The van der Waals surface area contributed by atoms with E-state index in [1.165, 1.54) is 35.0 Å². The van der Waals surface area contributed by atoms with Gasteiger partial charge < -0.3 is 5.32 Å². The fraction of sp³-hybridized carbons (Fsp3) is 0.200. The third-order valence-corrected chi connectivity index (χ3v) is 3.29. The first-order valence-corrected chi connectivity index (χ1v) is 6.98. The summed E-state index contributed by atoms with van der Waals surface area (Å²) in [5.41, 5.74) is 0.767.